The van der Waals surface area contributed by atoms with Crippen molar-refractivity contribution in [1.29, 1.82) is 0 Å². The van der Waals surface area contributed by atoms with Crippen LogP contribution >= 0.6 is 0 Å². The van der Waals surface area contributed by atoms with Crippen LogP contribution in [0.4, 0.5) is 5.69 Å². The van der Waals surface area contributed by atoms with Crippen LogP contribution in [0.5, 0.6) is 0 Å². The Morgan fingerprint density at radius 2 is 1.90 bits per heavy atom. The van der Waals surface area contributed by atoms with E-state index in [1.807, 2.05) is 19.2 Å². The average Bonchev–Trinajstić information content (AvgIpc) is 2.49. The second kappa shape index (κ2) is 6.86. The van der Waals surface area contributed by atoms with Gasteiger partial charge < -0.3 is 10.6 Å². The number of rotatable bonds is 4. The molecule has 0 aliphatic carbocycles. The lowest BCUT2D eigenvalue weighted by atomic mass is 10.1. The van der Waals surface area contributed by atoms with Gasteiger partial charge in [-0.15, -0.1) is 0 Å². The quantitative estimate of drug-likeness (QED) is 0.908. The van der Waals surface area contributed by atoms with Crippen LogP contribution in [0.3, 0.4) is 0 Å². The number of benzene rings is 1. The topological polar surface area (TPSA) is 49.6 Å². The number of likely N-dealkylation sites (N-methyl/N-ethyl adjacent to an activating group) is 1. The van der Waals surface area contributed by atoms with Crippen molar-refractivity contribution in [3.63, 3.8) is 0 Å². The third kappa shape index (κ3) is 3.81. The Labute approximate surface area is 121 Å². The molecule has 1 aromatic rings. The van der Waals surface area contributed by atoms with E-state index in [4.69, 9.17) is 5.73 Å². The predicted molar refractivity (Wildman–Crippen MR) is 82.9 cm³/mol. The number of hydrogen-bond acceptors (Lipinski definition) is 3. The summed E-state index contributed by atoms with van der Waals surface area (Å²) in [6.07, 6.45) is 3.00. The van der Waals surface area contributed by atoms with Gasteiger partial charge in [0.05, 0.1) is 6.54 Å². The molecule has 0 aromatic heterocycles. The zero-order valence-corrected chi connectivity index (χ0v) is 12.5. The molecule has 1 aliphatic heterocycles. The Morgan fingerprint density at radius 1 is 1.30 bits per heavy atom. The fourth-order valence-electron chi connectivity index (χ4n) is 2.51. The number of piperidine rings is 1. The van der Waals surface area contributed by atoms with E-state index in [0.29, 0.717) is 12.6 Å². The molecule has 1 aliphatic rings. The Balaban J connectivity index is 1.90. The minimum absolute atomic E-state index is 0.143. The van der Waals surface area contributed by atoms with Crippen LogP contribution in [-0.2, 0) is 11.2 Å². The molecule has 1 saturated heterocycles. The molecule has 1 heterocycles. The molecule has 2 rings (SSSR count). The lowest BCUT2D eigenvalue weighted by Gasteiger charge is -2.30. The average molecular weight is 275 g/mol. The van der Waals surface area contributed by atoms with Crippen molar-refractivity contribution in [1.82, 2.24) is 4.90 Å². The first-order valence-electron chi connectivity index (χ1n) is 7.43. The highest BCUT2D eigenvalue weighted by Crippen LogP contribution is 2.15. The van der Waals surface area contributed by atoms with Gasteiger partial charge in [0.2, 0.25) is 5.91 Å². The maximum Gasteiger partial charge on any atom is 0.240 e. The molecule has 0 atom stereocenters. The summed E-state index contributed by atoms with van der Waals surface area (Å²) >= 11 is 0. The maximum atomic E-state index is 12.3. The molecule has 4 heteroatoms. The summed E-state index contributed by atoms with van der Waals surface area (Å²) in [5.41, 5.74) is 8.13. The van der Waals surface area contributed by atoms with E-state index in [-0.39, 0.29) is 5.91 Å². The zero-order chi connectivity index (χ0) is 14.5. The van der Waals surface area contributed by atoms with Gasteiger partial charge in [-0.2, -0.15) is 0 Å². The molecule has 1 amide bonds. The van der Waals surface area contributed by atoms with Crippen LogP contribution in [0.1, 0.15) is 25.3 Å². The molecular weight excluding hydrogens is 250 g/mol. The highest BCUT2D eigenvalue weighted by molar-refractivity contribution is 5.94. The monoisotopic (exact) mass is 275 g/mol. The molecular formula is C16H25N3O. The molecule has 0 unspecified atom stereocenters. The number of nitrogens with zero attached hydrogens (tertiary/aromatic N) is 2. The summed E-state index contributed by atoms with van der Waals surface area (Å²) in [4.78, 5) is 16.2. The van der Waals surface area contributed by atoms with Crippen molar-refractivity contribution < 1.29 is 4.79 Å². The number of amides is 1. The minimum atomic E-state index is 0.143. The second-order valence-corrected chi connectivity index (χ2v) is 5.59. The van der Waals surface area contributed by atoms with Gasteiger partial charge in [0.15, 0.2) is 0 Å². The number of likely N-dealkylation sites (tertiary alicyclic amines) is 1. The van der Waals surface area contributed by atoms with Crippen LogP contribution in [0, 0.1) is 0 Å². The SMILES string of the molecule is CCc1ccc(N(C)C(=O)CN2CCC(N)CC2)cc1. The number of anilines is 1. The van der Waals surface area contributed by atoms with Gasteiger partial charge >= 0.3 is 0 Å². The first kappa shape index (κ1) is 15.0. The van der Waals surface area contributed by atoms with Gasteiger partial charge in [-0.1, -0.05) is 19.1 Å². The van der Waals surface area contributed by atoms with E-state index >= 15 is 0 Å². The van der Waals surface area contributed by atoms with Crippen molar-refractivity contribution in [2.45, 2.75) is 32.2 Å². The fraction of sp³-hybridized carbons (Fsp3) is 0.562. The summed E-state index contributed by atoms with van der Waals surface area (Å²) in [7, 11) is 1.85. The van der Waals surface area contributed by atoms with Crippen LogP contribution in [0.2, 0.25) is 0 Å². The lowest BCUT2D eigenvalue weighted by molar-refractivity contribution is -0.119. The van der Waals surface area contributed by atoms with Gasteiger partial charge in [-0.05, 0) is 37.0 Å². The lowest BCUT2D eigenvalue weighted by Crippen LogP contribution is -2.45. The third-order valence-corrected chi connectivity index (χ3v) is 4.10. The van der Waals surface area contributed by atoms with Crippen molar-refractivity contribution in [3.05, 3.63) is 29.8 Å². The second-order valence-electron chi connectivity index (χ2n) is 5.59. The predicted octanol–water partition coefficient (Wildman–Crippen LogP) is 1.63. The largest absolute Gasteiger partial charge is 0.328 e. The molecule has 1 aromatic carbocycles. The molecule has 0 radical (unpaired) electrons. The first-order valence-corrected chi connectivity index (χ1v) is 7.43. The van der Waals surface area contributed by atoms with Crippen LogP contribution in [0.15, 0.2) is 24.3 Å². The number of hydrogen-bond donors (Lipinski definition) is 1. The van der Waals surface area contributed by atoms with E-state index < -0.39 is 0 Å². The van der Waals surface area contributed by atoms with Crippen LogP contribution in [0.25, 0.3) is 0 Å². The molecule has 0 bridgehead atoms. The van der Waals surface area contributed by atoms with Crippen molar-refractivity contribution >= 4 is 11.6 Å². The Hall–Kier alpha value is -1.39. The van der Waals surface area contributed by atoms with E-state index in [1.165, 1.54) is 5.56 Å². The number of nitrogens with two attached hydrogens (primary N) is 1. The minimum Gasteiger partial charge on any atom is -0.328 e. The normalized spacial score (nSPS) is 17.1. The maximum absolute atomic E-state index is 12.3. The van der Waals surface area contributed by atoms with Crippen molar-refractivity contribution in [3.8, 4) is 0 Å². The summed E-state index contributed by atoms with van der Waals surface area (Å²) in [5, 5.41) is 0. The number of aryl methyl sites for hydroxylation is 1. The zero-order valence-electron chi connectivity index (χ0n) is 12.5. The molecule has 4 nitrogen and oxygen atoms in total. The van der Waals surface area contributed by atoms with E-state index in [2.05, 4.69) is 24.0 Å². The van der Waals surface area contributed by atoms with E-state index in [0.717, 1.165) is 38.0 Å². The number of carbonyl (C=O) groups is 1. The van der Waals surface area contributed by atoms with Gasteiger partial charge in [-0.3, -0.25) is 9.69 Å². The van der Waals surface area contributed by atoms with Crippen LogP contribution < -0.4 is 10.6 Å². The fourth-order valence-corrected chi connectivity index (χ4v) is 2.51. The summed E-state index contributed by atoms with van der Waals surface area (Å²) < 4.78 is 0. The Bertz CT molecular complexity index is 436. The van der Waals surface area contributed by atoms with Crippen molar-refractivity contribution in [2.24, 2.45) is 5.73 Å². The summed E-state index contributed by atoms with van der Waals surface area (Å²) in [6.45, 7) is 4.47. The molecule has 0 spiro atoms. The van der Waals surface area contributed by atoms with Crippen molar-refractivity contribution in [2.75, 3.05) is 31.6 Å². The van der Waals surface area contributed by atoms with Crippen LogP contribution in [-0.4, -0.2) is 43.5 Å². The number of carbonyl (C=O) groups excluding carboxylic acids is 1. The standard InChI is InChI=1S/C16H25N3O/c1-3-13-4-6-15(7-5-13)18(2)16(20)12-19-10-8-14(17)9-11-19/h4-7,14H,3,8-12,17H2,1-2H3. The first-order chi connectivity index (χ1) is 9.60. The smallest absolute Gasteiger partial charge is 0.240 e. The molecule has 2 N–H and O–H groups in total. The summed E-state index contributed by atoms with van der Waals surface area (Å²) in [5.74, 6) is 0.143. The van der Waals surface area contributed by atoms with E-state index in [9.17, 15) is 4.79 Å². The molecule has 110 valence electrons. The van der Waals surface area contributed by atoms with Gasteiger partial charge in [0.25, 0.3) is 0 Å². The highest BCUT2D eigenvalue weighted by Gasteiger charge is 2.20. The third-order valence-electron chi connectivity index (χ3n) is 4.10. The van der Waals surface area contributed by atoms with Gasteiger partial charge in [0, 0.05) is 31.9 Å². The molecule has 1 fully saturated rings. The molecule has 20 heavy (non-hydrogen) atoms. The van der Waals surface area contributed by atoms with Gasteiger partial charge in [0.1, 0.15) is 0 Å². The van der Waals surface area contributed by atoms with Gasteiger partial charge in [-0.25, -0.2) is 0 Å². The van der Waals surface area contributed by atoms with E-state index in [1.54, 1.807) is 4.90 Å². The molecule has 0 saturated carbocycles. The summed E-state index contributed by atoms with van der Waals surface area (Å²) in [6, 6.07) is 8.50. The Kier molecular flexibility index (Phi) is 5.15. The Morgan fingerprint density at radius 3 is 2.45 bits per heavy atom. The highest BCUT2D eigenvalue weighted by atomic mass is 16.2.